The Morgan fingerprint density at radius 1 is 1.20 bits per heavy atom. The molecular weight excluding hydrogens is 256 g/mol. The number of aliphatic hydroxyl groups is 1. The van der Waals surface area contributed by atoms with Crippen molar-refractivity contribution >= 4 is 0 Å². The Balaban J connectivity index is 2.97. The van der Waals surface area contributed by atoms with Crippen LogP contribution in [-0.4, -0.2) is 38.0 Å². The average molecular weight is 282 g/mol. The predicted octanol–water partition coefficient (Wildman–Crippen LogP) is 1.45. The molecule has 0 radical (unpaired) electrons. The van der Waals surface area contributed by atoms with E-state index in [0.29, 0.717) is 37.7 Å². The average Bonchev–Trinajstić information content (AvgIpc) is 2.46. The van der Waals surface area contributed by atoms with E-state index in [1.54, 1.807) is 0 Å². The van der Waals surface area contributed by atoms with E-state index in [4.69, 9.17) is 15.2 Å². The van der Waals surface area contributed by atoms with E-state index >= 15 is 0 Å². The molecule has 0 spiro atoms. The van der Waals surface area contributed by atoms with E-state index in [2.05, 4.69) is 5.32 Å². The highest BCUT2D eigenvalue weighted by molar-refractivity contribution is 5.44. The van der Waals surface area contributed by atoms with Crippen molar-refractivity contribution in [3.05, 3.63) is 23.8 Å². The summed E-state index contributed by atoms with van der Waals surface area (Å²) in [6.45, 7) is 5.50. The highest BCUT2D eigenvalue weighted by atomic mass is 16.5. The van der Waals surface area contributed by atoms with Gasteiger partial charge in [0.25, 0.3) is 0 Å². The van der Waals surface area contributed by atoms with Crippen LogP contribution in [0, 0.1) is 0 Å². The van der Waals surface area contributed by atoms with Crippen LogP contribution in [0.4, 0.5) is 0 Å². The Morgan fingerprint density at radius 2 is 1.85 bits per heavy atom. The summed E-state index contributed by atoms with van der Waals surface area (Å²) < 4.78 is 11.1. The number of likely N-dealkylation sites (N-methyl/N-ethyl adjacent to an activating group) is 1. The Labute approximate surface area is 121 Å². The lowest BCUT2D eigenvalue weighted by Crippen LogP contribution is -2.34. The smallest absolute Gasteiger partial charge is 0.161 e. The minimum absolute atomic E-state index is 0.0765. The fourth-order valence-corrected chi connectivity index (χ4v) is 2.12. The van der Waals surface area contributed by atoms with Crippen LogP contribution >= 0.6 is 0 Å². The van der Waals surface area contributed by atoms with Crippen LogP contribution < -0.4 is 20.5 Å². The number of rotatable bonds is 9. The van der Waals surface area contributed by atoms with Crippen molar-refractivity contribution in [2.24, 2.45) is 5.73 Å². The molecule has 114 valence electrons. The molecule has 0 amide bonds. The Morgan fingerprint density at radius 3 is 2.40 bits per heavy atom. The van der Waals surface area contributed by atoms with Gasteiger partial charge in [-0.05, 0) is 51.6 Å². The second kappa shape index (κ2) is 8.79. The van der Waals surface area contributed by atoms with Crippen LogP contribution in [-0.2, 0) is 0 Å². The molecule has 0 saturated carbocycles. The van der Waals surface area contributed by atoms with Crippen LogP contribution in [0.5, 0.6) is 11.5 Å². The highest BCUT2D eigenvalue weighted by Gasteiger charge is 2.20. The van der Waals surface area contributed by atoms with E-state index in [0.717, 1.165) is 5.56 Å². The molecule has 2 unspecified atom stereocenters. The second-order valence-corrected chi connectivity index (χ2v) is 4.49. The third-order valence-electron chi connectivity index (χ3n) is 3.14. The summed E-state index contributed by atoms with van der Waals surface area (Å²) in [6, 6.07) is 5.45. The molecule has 0 fully saturated rings. The van der Waals surface area contributed by atoms with E-state index in [1.807, 2.05) is 39.1 Å². The molecular formula is C15H26N2O3. The molecule has 5 heteroatoms. The normalized spacial score (nSPS) is 13.8. The maximum absolute atomic E-state index is 10.4. The minimum Gasteiger partial charge on any atom is -0.490 e. The Hall–Kier alpha value is -1.30. The molecule has 20 heavy (non-hydrogen) atoms. The molecule has 0 aliphatic heterocycles. The third kappa shape index (κ3) is 4.37. The van der Waals surface area contributed by atoms with Gasteiger partial charge in [-0.2, -0.15) is 0 Å². The van der Waals surface area contributed by atoms with Crippen molar-refractivity contribution in [1.82, 2.24) is 5.32 Å². The molecule has 1 aromatic rings. The van der Waals surface area contributed by atoms with Gasteiger partial charge in [-0.1, -0.05) is 6.07 Å². The Kier molecular flexibility index (Phi) is 7.36. The number of benzene rings is 1. The number of hydrogen-bond donors (Lipinski definition) is 3. The number of nitrogens with two attached hydrogens (primary N) is 1. The van der Waals surface area contributed by atoms with Gasteiger partial charge in [-0.25, -0.2) is 0 Å². The van der Waals surface area contributed by atoms with Crippen LogP contribution in [0.3, 0.4) is 0 Å². The summed E-state index contributed by atoms with van der Waals surface area (Å²) >= 11 is 0. The van der Waals surface area contributed by atoms with Gasteiger partial charge in [0, 0.05) is 6.04 Å². The number of nitrogens with one attached hydrogen (secondary N) is 1. The van der Waals surface area contributed by atoms with Crippen molar-refractivity contribution in [1.29, 1.82) is 0 Å². The van der Waals surface area contributed by atoms with E-state index < -0.39 is 6.10 Å². The van der Waals surface area contributed by atoms with Crippen LogP contribution in [0.1, 0.15) is 31.9 Å². The molecule has 1 rings (SSSR count). The van der Waals surface area contributed by atoms with Crippen molar-refractivity contribution in [3.63, 3.8) is 0 Å². The molecule has 1 aromatic carbocycles. The van der Waals surface area contributed by atoms with Gasteiger partial charge in [-0.3, -0.25) is 0 Å². The number of ether oxygens (including phenoxy) is 2. The molecule has 0 aliphatic rings. The molecule has 2 atom stereocenters. The first-order valence-electron chi connectivity index (χ1n) is 7.12. The molecule has 0 aromatic heterocycles. The Bertz CT molecular complexity index is 399. The monoisotopic (exact) mass is 282 g/mol. The molecule has 0 heterocycles. The summed E-state index contributed by atoms with van der Waals surface area (Å²) in [5.41, 5.74) is 6.36. The molecule has 0 aliphatic carbocycles. The zero-order valence-electron chi connectivity index (χ0n) is 12.6. The summed E-state index contributed by atoms with van der Waals surface area (Å²) in [7, 11) is 1.82. The van der Waals surface area contributed by atoms with Gasteiger partial charge in [0.05, 0.1) is 19.3 Å². The topological polar surface area (TPSA) is 76.7 Å². The lowest BCUT2D eigenvalue weighted by Gasteiger charge is -2.23. The van der Waals surface area contributed by atoms with Gasteiger partial charge < -0.3 is 25.6 Å². The fraction of sp³-hybridized carbons (Fsp3) is 0.600. The zero-order valence-corrected chi connectivity index (χ0v) is 12.6. The predicted molar refractivity (Wildman–Crippen MR) is 80.3 cm³/mol. The first kappa shape index (κ1) is 16.8. The van der Waals surface area contributed by atoms with E-state index in [9.17, 15) is 5.11 Å². The van der Waals surface area contributed by atoms with Crippen LogP contribution in [0.25, 0.3) is 0 Å². The quantitative estimate of drug-likeness (QED) is 0.639. The maximum atomic E-state index is 10.4. The van der Waals surface area contributed by atoms with Crippen LogP contribution in [0.2, 0.25) is 0 Å². The number of aliphatic hydroxyl groups excluding tert-OH is 1. The van der Waals surface area contributed by atoms with Gasteiger partial charge in [0.1, 0.15) is 0 Å². The van der Waals surface area contributed by atoms with Gasteiger partial charge >= 0.3 is 0 Å². The van der Waals surface area contributed by atoms with Gasteiger partial charge in [-0.15, -0.1) is 0 Å². The SMILES string of the molecule is CCOc1ccc(C(O)C(CCN)NC)cc1OCC. The van der Waals surface area contributed by atoms with E-state index in [1.165, 1.54) is 0 Å². The van der Waals surface area contributed by atoms with E-state index in [-0.39, 0.29) is 6.04 Å². The van der Waals surface area contributed by atoms with Crippen molar-refractivity contribution in [2.75, 3.05) is 26.8 Å². The highest BCUT2D eigenvalue weighted by Crippen LogP contribution is 2.31. The molecule has 5 nitrogen and oxygen atoms in total. The standard InChI is InChI=1S/C15H26N2O3/c1-4-19-13-7-6-11(10-14(13)20-5-2)15(18)12(17-3)8-9-16/h6-7,10,12,15,17-18H,4-5,8-9,16H2,1-3H3. The van der Waals surface area contributed by atoms with Gasteiger partial charge in [0.15, 0.2) is 11.5 Å². The second-order valence-electron chi connectivity index (χ2n) is 4.49. The summed E-state index contributed by atoms with van der Waals surface area (Å²) in [6.07, 6.45) is 0.0768. The summed E-state index contributed by atoms with van der Waals surface area (Å²) in [5.74, 6) is 1.36. The lowest BCUT2D eigenvalue weighted by atomic mass is 9.99. The fourth-order valence-electron chi connectivity index (χ4n) is 2.12. The van der Waals surface area contributed by atoms with Crippen molar-refractivity contribution in [3.8, 4) is 11.5 Å². The molecule has 4 N–H and O–H groups in total. The van der Waals surface area contributed by atoms with Crippen molar-refractivity contribution < 1.29 is 14.6 Å². The summed E-state index contributed by atoms with van der Waals surface area (Å²) in [5, 5.41) is 13.5. The first-order valence-corrected chi connectivity index (χ1v) is 7.12. The zero-order chi connectivity index (χ0) is 15.0. The number of hydrogen-bond acceptors (Lipinski definition) is 5. The maximum Gasteiger partial charge on any atom is 0.161 e. The third-order valence-corrected chi connectivity index (χ3v) is 3.14. The largest absolute Gasteiger partial charge is 0.490 e. The van der Waals surface area contributed by atoms with Crippen LogP contribution in [0.15, 0.2) is 18.2 Å². The van der Waals surface area contributed by atoms with Crippen molar-refractivity contribution in [2.45, 2.75) is 32.4 Å². The molecule has 0 bridgehead atoms. The molecule has 0 saturated heterocycles. The first-order chi connectivity index (χ1) is 9.67. The van der Waals surface area contributed by atoms with Gasteiger partial charge in [0.2, 0.25) is 0 Å². The summed E-state index contributed by atoms with van der Waals surface area (Å²) in [4.78, 5) is 0. The minimum atomic E-state index is -0.626. The lowest BCUT2D eigenvalue weighted by molar-refractivity contribution is 0.128.